The number of amides is 1. The number of hydrogen-bond acceptors (Lipinski definition) is 11. The van der Waals surface area contributed by atoms with E-state index in [-0.39, 0.29) is 66.8 Å². The van der Waals surface area contributed by atoms with Crippen molar-refractivity contribution in [2.24, 2.45) is 5.92 Å². The third kappa shape index (κ3) is 6.54. The maximum atomic E-state index is 17.7. The minimum atomic E-state index is -2.03. The van der Waals surface area contributed by atoms with Gasteiger partial charge in [0.05, 0.1) is 32.0 Å². The van der Waals surface area contributed by atoms with Crippen molar-refractivity contribution in [3.05, 3.63) is 66.0 Å². The molecule has 15 heteroatoms. The highest BCUT2D eigenvalue weighted by molar-refractivity contribution is 6.06. The molecule has 2 saturated heterocycles. The summed E-state index contributed by atoms with van der Waals surface area (Å²) in [6, 6.07) is 9.29. The van der Waals surface area contributed by atoms with Crippen molar-refractivity contribution < 1.29 is 42.1 Å². The molecule has 4 aromatic heterocycles. The molecule has 2 fully saturated rings. The zero-order valence-electron chi connectivity index (χ0n) is 30.0. The van der Waals surface area contributed by atoms with Gasteiger partial charge in [-0.25, -0.2) is 33.5 Å². The van der Waals surface area contributed by atoms with E-state index in [0.29, 0.717) is 67.2 Å². The summed E-state index contributed by atoms with van der Waals surface area (Å²) < 4.78 is 56.8. The molecule has 5 aromatic rings. The maximum Gasteiger partial charge on any atom is 0.326 e. The number of benzene rings is 1. The number of carboxylic acids is 1. The van der Waals surface area contributed by atoms with Gasteiger partial charge in [0.15, 0.2) is 11.4 Å². The summed E-state index contributed by atoms with van der Waals surface area (Å²) in [5.41, 5.74) is -0.0687. The SMILES string of the molecule is COc1cc(-c2cnc3c(c2)[C@@]2(F)CCN(C[C@@H]2C)C(=O)CCCCOCCc2nc(c4oc5ccccc5c4n2)N2C[C@H](C[C@H]2C(=O)O)O3)c(F)cn1. The zero-order valence-corrected chi connectivity index (χ0v) is 30.0. The summed E-state index contributed by atoms with van der Waals surface area (Å²) in [6.07, 6.45) is 3.56. The number of carbonyl (C=O) groups is 2. The van der Waals surface area contributed by atoms with E-state index in [1.165, 1.54) is 25.4 Å². The van der Waals surface area contributed by atoms with Gasteiger partial charge in [-0.05, 0) is 31.0 Å². The molecule has 13 nitrogen and oxygen atoms in total. The number of carboxylic acid groups (broad SMARTS) is 1. The van der Waals surface area contributed by atoms with E-state index in [4.69, 9.17) is 28.6 Å². The number of methoxy groups -OCH3 is 1. The van der Waals surface area contributed by atoms with Gasteiger partial charge in [-0.15, -0.1) is 0 Å². The number of hydrogen-bond donors (Lipinski definition) is 1. The molecule has 1 aromatic carbocycles. The molecule has 4 aliphatic heterocycles. The van der Waals surface area contributed by atoms with Crippen molar-refractivity contribution >= 4 is 39.8 Å². The van der Waals surface area contributed by atoms with E-state index in [0.717, 1.165) is 11.6 Å². The Balaban J connectivity index is 1.23. The minimum Gasteiger partial charge on any atom is -0.481 e. The number of nitrogens with zero attached hydrogens (tertiary/aromatic N) is 6. The van der Waals surface area contributed by atoms with Crippen molar-refractivity contribution in [1.82, 2.24) is 24.8 Å². The van der Waals surface area contributed by atoms with Crippen molar-refractivity contribution in [1.29, 1.82) is 0 Å². The lowest BCUT2D eigenvalue weighted by molar-refractivity contribution is -0.138. The Hall–Kier alpha value is -5.44. The van der Waals surface area contributed by atoms with Gasteiger partial charge >= 0.3 is 5.97 Å². The molecule has 0 radical (unpaired) electrons. The Morgan fingerprint density at radius 1 is 1.07 bits per heavy atom. The van der Waals surface area contributed by atoms with Gasteiger partial charge in [0.2, 0.25) is 17.7 Å². The van der Waals surface area contributed by atoms with E-state index < -0.39 is 35.5 Å². The fourth-order valence-corrected chi connectivity index (χ4v) is 7.82. The number of ether oxygens (including phenoxy) is 3. The molecule has 9 rings (SSSR count). The second-order valence-electron chi connectivity index (χ2n) is 14.2. The molecule has 6 bridgehead atoms. The summed E-state index contributed by atoms with van der Waals surface area (Å²) >= 11 is 0. The number of aromatic nitrogens is 4. The van der Waals surface area contributed by atoms with Crippen LogP contribution in [0, 0.1) is 11.7 Å². The lowest BCUT2D eigenvalue weighted by atomic mass is 9.78. The zero-order chi connectivity index (χ0) is 37.6. The molecule has 1 N–H and O–H groups in total. The monoisotopic (exact) mass is 742 g/mol. The number of para-hydroxylation sites is 1. The van der Waals surface area contributed by atoms with Crippen molar-refractivity contribution in [3.63, 3.8) is 0 Å². The van der Waals surface area contributed by atoms with Crippen LogP contribution in [0.3, 0.4) is 0 Å². The second-order valence-corrected chi connectivity index (χ2v) is 14.2. The summed E-state index contributed by atoms with van der Waals surface area (Å²) in [5, 5.41) is 11.3. The highest BCUT2D eigenvalue weighted by Crippen LogP contribution is 2.47. The highest BCUT2D eigenvalue weighted by Gasteiger charge is 2.47. The molecule has 0 saturated carbocycles. The molecule has 8 heterocycles. The third-order valence-corrected chi connectivity index (χ3v) is 10.8. The van der Waals surface area contributed by atoms with Crippen molar-refractivity contribution in [2.45, 2.75) is 63.3 Å². The summed E-state index contributed by atoms with van der Waals surface area (Å²) in [6.45, 7) is 2.88. The van der Waals surface area contributed by atoms with Crippen LogP contribution < -0.4 is 14.4 Å². The van der Waals surface area contributed by atoms with Gasteiger partial charge in [-0.3, -0.25) is 4.79 Å². The van der Waals surface area contributed by atoms with Crippen LogP contribution in [0.15, 0.2) is 53.2 Å². The Bertz CT molecular complexity index is 2240. The van der Waals surface area contributed by atoms with Gasteiger partial charge in [0.1, 0.15) is 40.6 Å². The standard InChI is InChI=1S/C39H40F2N6O7/c1-22-20-46-12-11-39(22,41)27-15-23(26-17-32(51-2)42-19-28(26)40)18-43-37(27)53-24-16-29(38(49)50)47(21-24)36-35-34(25-7-3-4-8-30(25)54-35)44-31(45-36)10-14-52-13-6-5-9-33(46)48/h3-4,7-8,15,17-19,22,24,29H,5-6,9-14,16,20-21H2,1-2H3,(H,49,50)/t22-,24-,29-,39+/m0/s1. The molecular formula is C39H40F2N6O7. The van der Waals surface area contributed by atoms with Crippen molar-refractivity contribution in [3.8, 4) is 22.9 Å². The first-order chi connectivity index (χ1) is 26.1. The summed E-state index contributed by atoms with van der Waals surface area (Å²) in [7, 11) is 1.41. The van der Waals surface area contributed by atoms with E-state index in [9.17, 15) is 14.7 Å². The number of alkyl halides is 1. The Kier molecular flexibility index (Phi) is 9.50. The molecule has 0 spiro atoms. The van der Waals surface area contributed by atoms with Crippen LogP contribution in [0.2, 0.25) is 0 Å². The van der Waals surface area contributed by atoms with E-state index in [1.54, 1.807) is 16.7 Å². The van der Waals surface area contributed by atoms with Crippen molar-refractivity contribution in [2.75, 3.05) is 44.9 Å². The number of aliphatic carboxylic acids is 1. The molecule has 282 valence electrons. The first-order valence-electron chi connectivity index (χ1n) is 18.2. The smallest absolute Gasteiger partial charge is 0.326 e. The molecule has 54 heavy (non-hydrogen) atoms. The molecular weight excluding hydrogens is 702 g/mol. The van der Waals surface area contributed by atoms with Crippen LogP contribution in [0.5, 0.6) is 11.8 Å². The number of pyridine rings is 2. The first kappa shape index (κ1) is 35.6. The quantitative estimate of drug-likeness (QED) is 0.235. The third-order valence-electron chi connectivity index (χ3n) is 10.8. The van der Waals surface area contributed by atoms with Crippen LogP contribution in [0.1, 0.15) is 50.4 Å². The first-order valence-corrected chi connectivity index (χ1v) is 18.2. The Morgan fingerprint density at radius 2 is 1.93 bits per heavy atom. The number of rotatable bonds is 3. The van der Waals surface area contributed by atoms with E-state index >= 15 is 8.78 Å². The van der Waals surface area contributed by atoms with E-state index in [1.807, 2.05) is 24.3 Å². The summed E-state index contributed by atoms with van der Waals surface area (Å²) in [4.78, 5) is 47.6. The second kappa shape index (κ2) is 14.4. The predicted octanol–water partition coefficient (Wildman–Crippen LogP) is 5.87. The number of carbonyl (C=O) groups excluding carboxylic acids is 1. The Morgan fingerprint density at radius 3 is 2.74 bits per heavy atom. The van der Waals surface area contributed by atoms with Crippen LogP contribution in [0.4, 0.5) is 14.6 Å². The van der Waals surface area contributed by atoms with Crippen LogP contribution >= 0.6 is 0 Å². The van der Waals surface area contributed by atoms with E-state index in [2.05, 4.69) is 9.97 Å². The van der Waals surface area contributed by atoms with Gasteiger partial charge in [-0.1, -0.05) is 19.1 Å². The van der Waals surface area contributed by atoms with Crippen LogP contribution in [-0.4, -0.2) is 93.9 Å². The largest absolute Gasteiger partial charge is 0.481 e. The Labute approximate surface area is 309 Å². The lowest BCUT2D eigenvalue weighted by Gasteiger charge is -2.42. The highest BCUT2D eigenvalue weighted by atomic mass is 19.1. The van der Waals surface area contributed by atoms with Crippen LogP contribution in [-0.2, 0) is 26.4 Å². The normalized spacial score (nSPS) is 23.9. The molecule has 1 amide bonds. The number of furan rings is 1. The number of anilines is 1. The average molecular weight is 743 g/mol. The van der Waals surface area contributed by atoms with Gasteiger partial charge < -0.3 is 33.5 Å². The van der Waals surface area contributed by atoms with Gasteiger partial charge in [0.25, 0.3) is 0 Å². The molecule has 4 atom stereocenters. The predicted molar refractivity (Wildman–Crippen MR) is 193 cm³/mol. The lowest BCUT2D eigenvalue weighted by Crippen LogP contribution is -2.49. The maximum absolute atomic E-state index is 17.7. The van der Waals surface area contributed by atoms with Crippen LogP contribution in [0.25, 0.3) is 33.2 Å². The molecule has 4 aliphatic rings. The van der Waals surface area contributed by atoms with Gasteiger partial charge in [-0.2, -0.15) is 0 Å². The topological polar surface area (TPSA) is 153 Å². The molecule has 0 unspecified atom stereocenters. The minimum absolute atomic E-state index is 0.0235. The average Bonchev–Trinajstić information content (AvgIpc) is 3.77. The number of halogens is 2. The molecule has 0 aliphatic carbocycles. The number of fused-ring (bicyclic) bond motifs is 12. The fourth-order valence-electron chi connectivity index (χ4n) is 7.82. The van der Waals surface area contributed by atoms with Gasteiger partial charge in [0, 0.05) is 80.1 Å². The summed E-state index contributed by atoms with van der Waals surface area (Å²) in [5.74, 6) is -1.59. The fraction of sp³-hybridized carbons (Fsp3) is 0.436. The number of piperidine rings is 1.